The number of aromatic nitrogens is 3. The van der Waals surface area contributed by atoms with Crippen LogP contribution in [0.15, 0.2) is 11.3 Å². The van der Waals surface area contributed by atoms with E-state index in [9.17, 15) is 4.79 Å². The summed E-state index contributed by atoms with van der Waals surface area (Å²) in [7, 11) is 3.55. The topological polar surface area (TPSA) is 87.4 Å². The molecule has 0 fully saturated rings. The molecule has 0 unspecified atom stereocenters. The number of aryl methyl sites for hydroxylation is 1. The Hall–Kier alpha value is -2.12. The maximum atomic E-state index is 12.0. The van der Waals surface area contributed by atoms with Crippen molar-refractivity contribution in [3.8, 4) is 0 Å². The third kappa shape index (κ3) is 6.66. The SMILES string of the molecule is CCc1nncn1CCNC(=NC)N(C)CC(=O)NC(C)(C)C. The van der Waals surface area contributed by atoms with Crippen LogP contribution < -0.4 is 10.6 Å². The van der Waals surface area contributed by atoms with E-state index in [2.05, 4.69) is 32.7 Å². The largest absolute Gasteiger partial charge is 0.354 e. The quantitative estimate of drug-likeness (QED) is 0.579. The molecule has 0 aliphatic heterocycles. The first-order valence-electron chi connectivity index (χ1n) is 7.86. The minimum Gasteiger partial charge on any atom is -0.354 e. The summed E-state index contributed by atoms with van der Waals surface area (Å²) in [6.07, 6.45) is 2.57. The Kier molecular flexibility index (Phi) is 6.99. The Bertz CT molecular complexity index is 530. The van der Waals surface area contributed by atoms with Gasteiger partial charge in [0.15, 0.2) is 5.96 Å². The fourth-order valence-electron chi connectivity index (χ4n) is 2.16. The number of hydrogen-bond acceptors (Lipinski definition) is 4. The highest BCUT2D eigenvalue weighted by Crippen LogP contribution is 1.99. The van der Waals surface area contributed by atoms with Crippen molar-refractivity contribution in [3.63, 3.8) is 0 Å². The summed E-state index contributed by atoms with van der Waals surface area (Å²) >= 11 is 0. The van der Waals surface area contributed by atoms with Crippen LogP contribution in [0.1, 0.15) is 33.5 Å². The second-order valence-corrected chi connectivity index (χ2v) is 6.42. The van der Waals surface area contributed by atoms with Crippen molar-refractivity contribution in [2.24, 2.45) is 4.99 Å². The number of likely N-dealkylation sites (N-methyl/N-ethyl adjacent to an activating group) is 1. The van der Waals surface area contributed by atoms with E-state index in [1.165, 1.54) is 0 Å². The van der Waals surface area contributed by atoms with Gasteiger partial charge in [-0.25, -0.2) is 0 Å². The molecule has 1 aromatic heterocycles. The number of carbonyl (C=O) groups excluding carboxylic acids is 1. The highest BCUT2D eigenvalue weighted by Gasteiger charge is 2.16. The van der Waals surface area contributed by atoms with Crippen LogP contribution in [0.5, 0.6) is 0 Å². The lowest BCUT2D eigenvalue weighted by molar-refractivity contribution is -0.122. The average Bonchev–Trinajstić information content (AvgIpc) is 2.88. The third-order valence-electron chi connectivity index (χ3n) is 3.12. The van der Waals surface area contributed by atoms with Gasteiger partial charge in [-0.2, -0.15) is 0 Å². The van der Waals surface area contributed by atoms with Crippen molar-refractivity contribution in [1.29, 1.82) is 0 Å². The number of nitrogens with zero attached hydrogens (tertiary/aromatic N) is 5. The minimum absolute atomic E-state index is 0.0324. The number of aliphatic imine (C=N–C) groups is 1. The molecule has 8 heteroatoms. The maximum absolute atomic E-state index is 12.0. The smallest absolute Gasteiger partial charge is 0.240 e. The first-order chi connectivity index (χ1) is 10.8. The van der Waals surface area contributed by atoms with Crippen LogP contribution in [0.25, 0.3) is 0 Å². The van der Waals surface area contributed by atoms with Crippen molar-refractivity contribution in [3.05, 3.63) is 12.2 Å². The first-order valence-corrected chi connectivity index (χ1v) is 7.86. The monoisotopic (exact) mass is 323 g/mol. The van der Waals surface area contributed by atoms with E-state index in [1.807, 2.05) is 32.4 Å². The van der Waals surface area contributed by atoms with Crippen LogP contribution in [-0.2, 0) is 17.8 Å². The van der Waals surface area contributed by atoms with Crippen LogP contribution in [-0.4, -0.2) is 64.3 Å². The van der Waals surface area contributed by atoms with E-state index in [1.54, 1.807) is 18.3 Å². The molecule has 0 aliphatic carbocycles. The van der Waals surface area contributed by atoms with Crippen molar-refractivity contribution >= 4 is 11.9 Å². The second kappa shape index (κ2) is 8.50. The second-order valence-electron chi connectivity index (χ2n) is 6.42. The van der Waals surface area contributed by atoms with E-state index in [4.69, 9.17) is 0 Å². The molecule has 0 saturated heterocycles. The zero-order chi connectivity index (χ0) is 17.5. The van der Waals surface area contributed by atoms with Gasteiger partial charge >= 0.3 is 0 Å². The maximum Gasteiger partial charge on any atom is 0.240 e. The third-order valence-corrected chi connectivity index (χ3v) is 3.12. The lowest BCUT2D eigenvalue weighted by atomic mass is 10.1. The summed E-state index contributed by atoms with van der Waals surface area (Å²) in [6, 6.07) is 0. The molecular weight excluding hydrogens is 294 g/mol. The molecule has 0 radical (unpaired) electrons. The van der Waals surface area contributed by atoms with Crippen molar-refractivity contribution in [1.82, 2.24) is 30.3 Å². The first kappa shape index (κ1) is 18.9. The highest BCUT2D eigenvalue weighted by atomic mass is 16.2. The van der Waals surface area contributed by atoms with Crippen molar-refractivity contribution in [2.45, 2.75) is 46.2 Å². The van der Waals surface area contributed by atoms with Gasteiger partial charge in [-0.05, 0) is 20.8 Å². The molecule has 1 aromatic rings. The van der Waals surface area contributed by atoms with Gasteiger partial charge in [-0.1, -0.05) is 6.92 Å². The molecule has 0 bridgehead atoms. The number of hydrogen-bond donors (Lipinski definition) is 2. The summed E-state index contributed by atoms with van der Waals surface area (Å²) in [5.41, 5.74) is -0.236. The molecule has 2 N–H and O–H groups in total. The van der Waals surface area contributed by atoms with Gasteiger partial charge < -0.3 is 20.1 Å². The van der Waals surface area contributed by atoms with E-state index in [0.29, 0.717) is 12.5 Å². The Balaban J connectivity index is 2.46. The summed E-state index contributed by atoms with van der Waals surface area (Å²) in [5.74, 6) is 1.61. The Morgan fingerprint density at radius 1 is 1.43 bits per heavy atom. The van der Waals surface area contributed by atoms with Crippen LogP contribution >= 0.6 is 0 Å². The average molecular weight is 323 g/mol. The Morgan fingerprint density at radius 3 is 2.70 bits per heavy atom. The number of rotatable bonds is 6. The molecule has 0 aromatic carbocycles. The van der Waals surface area contributed by atoms with Gasteiger partial charge in [0, 0.05) is 39.1 Å². The molecular formula is C15H29N7O. The summed E-state index contributed by atoms with van der Waals surface area (Å²) in [4.78, 5) is 18.0. The fourth-order valence-corrected chi connectivity index (χ4v) is 2.16. The van der Waals surface area contributed by atoms with Crippen molar-refractivity contribution < 1.29 is 4.79 Å². The van der Waals surface area contributed by atoms with E-state index >= 15 is 0 Å². The number of carbonyl (C=O) groups is 1. The predicted octanol–water partition coefficient (Wildman–Crippen LogP) is 0.262. The van der Waals surface area contributed by atoms with E-state index < -0.39 is 0 Å². The molecule has 0 atom stereocenters. The van der Waals surface area contributed by atoms with Crippen LogP contribution in [0.4, 0.5) is 0 Å². The normalized spacial score (nSPS) is 12.2. The van der Waals surface area contributed by atoms with Crippen LogP contribution in [0.2, 0.25) is 0 Å². The van der Waals surface area contributed by atoms with E-state index in [-0.39, 0.29) is 18.0 Å². The van der Waals surface area contributed by atoms with Gasteiger partial charge in [-0.15, -0.1) is 10.2 Å². The summed E-state index contributed by atoms with van der Waals surface area (Å²) in [5, 5.41) is 14.1. The fraction of sp³-hybridized carbons (Fsp3) is 0.733. The molecule has 1 amide bonds. The highest BCUT2D eigenvalue weighted by molar-refractivity contribution is 5.86. The zero-order valence-corrected chi connectivity index (χ0v) is 15.1. The van der Waals surface area contributed by atoms with Gasteiger partial charge in [0.25, 0.3) is 0 Å². The van der Waals surface area contributed by atoms with Crippen molar-refractivity contribution in [2.75, 3.05) is 27.2 Å². The molecule has 0 saturated carbocycles. The molecule has 23 heavy (non-hydrogen) atoms. The summed E-state index contributed by atoms with van der Waals surface area (Å²) in [6.45, 7) is 9.62. The number of amides is 1. The molecule has 1 heterocycles. The van der Waals surface area contributed by atoms with Gasteiger partial charge in [0.1, 0.15) is 12.2 Å². The lowest BCUT2D eigenvalue weighted by Gasteiger charge is -2.25. The molecule has 0 aliphatic rings. The molecule has 8 nitrogen and oxygen atoms in total. The molecule has 130 valence electrons. The molecule has 0 spiro atoms. The number of nitrogens with one attached hydrogen (secondary N) is 2. The number of guanidine groups is 1. The minimum atomic E-state index is -0.236. The van der Waals surface area contributed by atoms with Crippen LogP contribution in [0, 0.1) is 0 Å². The predicted molar refractivity (Wildman–Crippen MR) is 91.3 cm³/mol. The van der Waals surface area contributed by atoms with E-state index in [0.717, 1.165) is 18.8 Å². The summed E-state index contributed by atoms with van der Waals surface area (Å²) < 4.78 is 2.01. The standard InChI is InChI=1S/C15H29N7O/c1-7-12-20-18-11-22(12)9-8-17-14(16-5)21(6)10-13(23)19-15(2,3)4/h11H,7-10H2,1-6H3,(H,16,17)(H,19,23). The van der Waals surface area contributed by atoms with Gasteiger partial charge in [0.2, 0.25) is 5.91 Å². The lowest BCUT2D eigenvalue weighted by Crippen LogP contribution is -2.49. The van der Waals surface area contributed by atoms with Crippen LogP contribution in [0.3, 0.4) is 0 Å². The molecule has 1 rings (SSSR count). The van der Waals surface area contributed by atoms with Gasteiger partial charge in [-0.3, -0.25) is 9.79 Å². The Morgan fingerprint density at radius 2 is 2.13 bits per heavy atom. The van der Waals surface area contributed by atoms with Gasteiger partial charge in [0.05, 0.1) is 6.54 Å². The zero-order valence-electron chi connectivity index (χ0n) is 15.1. The Labute approximate surface area is 138 Å².